The minimum Gasteiger partial charge on any atom is -0.496 e. The molecule has 1 N–H and O–H groups in total. The fourth-order valence-corrected chi connectivity index (χ4v) is 2.28. The minimum atomic E-state index is -0.561. The lowest BCUT2D eigenvalue weighted by Gasteiger charge is -2.16. The van der Waals surface area contributed by atoms with Gasteiger partial charge in [0.05, 0.1) is 7.11 Å². The lowest BCUT2D eigenvalue weighted by molar-refractivity contribution is 0.411. The number of aryl methyl sites for hydroxylation is 1. The van der Waals surface area contributed by atoms with Crippen molar-refractivity contribution in [1.29, 1.82) is 0 Å². The second kappa shape index (κ2) is 6.68. The zero-order chi connectivity index (χ0) is 15.4. The first kappa shape index (κ1) is 15.4. The molecule has 0 bridgehead atoms. The van der Waals surface area contributed by atoms with Crippen LogP contribution in [0.2, 0.25) is 0 Å². The predicted octanol–water partition coefficient (Wildman–Crippen LogP) is 4.13. The molecule has 4 heteroatoms. The highest BCUT2D eigenvalue weighted by atomic mass is 19.1. The highest BCUT2D eigenvalue weighted by molar-refractivity contribution is 5.36. The standard InChI is InChI=1S/C17H19F2NO/c1-11-8-13(4-7-17(11)21-3)10-20-12(2)15-6-5-14(18)9-16(15)19/h4-9,12,20H,10H2,1-3H3. The summed E-state index contributed by atoms with van der Waals surface area (Å²) in [6.07, 6.45) is 0. The smallest absolute Gasteiger partial charge is 0.130 e. The third-order valence-electron chi connectivity index (χ3n) is 3.50. The van der Waals surface area contributed by atoms with Crippen molar-refractivity contribution in [2.45, 2.75) is 26.4 Å². The molecule has 2 nitrogen and oxygen atoms in total. The van der Waals surface area contributed by atoms with Crippen LogP contribution in [0, 0.1) is 18.6 Å². The Bertz CT molecular complexity index is 628. The van der Waals surface area contributed by atoms with Gasteiger partial charge < -0.3 is 10.1 Å². The van der Waals surface area contributed by atoms with Crippen LogP contribution in [0.3, 0.4) is 0 Å². The number of rotatable bonds is 5. The van der Waals surface area contributed by atoms with Gasteiger partial charge in [0, 0.05) is 24.2 Å². The Balaban J connectivity index is 2.03. The molecule has 0 aromatic heterocycles. The van der Waals surface area contributed by atoms with Crippen molar-refractivity contribution in [2.24, 2.45) is 0 Å². The van der Waals surface area contributed by atoms with Gasteiger partial charge in [0.25, 0.3) is 0 Å². The molecule has 1 atom stereocenters. The first-order valence-corrected chi connectivity index (χ1v) is 6.83. The summed E-state index contributed by atoms with van der Waals surface area (Å²) in [5, 5.41) is 3.24. The normalized spacial score (nSPS) is 12.2. The average molecular weight is 291 g/mol. The summed E-state index contributed by atoms with van der Waals surface area (Å²) in [7, 11) is 1.64. The number of nitrogens with one attached hydrogen (secondary N) is 1. The molecule has 0 spiro atoms. The van der Waals surface area contributed by atoms with E-state index >= 15 is 0 Å². The lowest BCUT2D eigenvalue weighted by Crippen LogP contribution is -2.19. The highest BCUT2D eigenvalue weighted by Gasteiger charge is 2.11. The number of halogens is 2. The Labute approximate surface area is 123 Å². The van der Waals surface area contributed by atoms with Crippen LogP contribution in [0.5, 0.6) is 5.75 Å². The molecule has 0 radical (unpaired) electrons. The fourth-order valence-electron chi connectivity index (χ4n) is 2.28. The quantitative estimate of drug-likeness (QED) is 0.894. The highest BCUT2D eigenvalue weighted by Crippen LogP contribution is 2.21. The van der Waals surface area contributed by atoms with E-state index in [0.717, 1.165) is 22.9 Å². The minimum absolute atomic E-state index is 0.201. The van der Waals surface area contributed by atoms with E-state index in [-0.39, 0.29) is 6.04 Å². The molecule has 2 aromatic carbocycles. The molecule has 1 unspecified atom stereocenters. The zero-order valence-corrected chi connectivity index (χ0v) is 12.4. The summed E-state index contributed by atoms with van der Waals surface area (Å²) in [6, 6.07) is 9.36. The van der Waals surface area contributed by atoms with E-state index in [1.54, 1.807) is 7.11 Å². The van der Waals surface area contributed by atoms with Gasteiger partial charge in [0.2, 0.25) is 0 Å². The third kappa shape index (κ3) is 3.79. The molecular formula is C17H19F2NO. The number of hydrogen-bond donors (Lipinski definition) is 1. The Morgan fingerprint density at radius 3 is 2.52 bits per heavy atom. The summed E-state index contributed by atoms with van der Waals surface area (Å²) in [6.45, 7) is 4.43. The van der Waals surface area contributed by atoms with Crippen molar-refractivity contribution in [3.63, 3.8) is 0 Å². The maximum Gasteiger partial charge on any atom is 0.130 e. The molecule has 0 amide bonds. The van der Waals surface area contributed by atoms with Crippen LogP contribution < -0.4 is 10.1 Å². The van der Waals surface area contributed by atoms with Crippen LogP contribution in [-0.2, 0) is 6.54 Å². The van der Waals surface area contributed by atoms with Gasteiger partial charge in [-0.15, -0.1) is 0 Å². The van der Waals surface area contributed by atoms with Gasteiger partial charge in [-0.3, -0.25) is 0 Å². The Hall–Kier alpha value is -1.94. The summed E-state index contributed by atoms with van der Waals surface area (Å²) in [5.41, 5.74) is 2.60. The summed E-state index contributed by atoms with van der Waals surface area (Å²) in [4.78, 5) is 0. The molecule has 21 heavy (non-hydrogen) atoms. The van der Waals surface area contributed by atoms with Crippen molar-refractivity contribution < 1.29 is 13.5 Å². The molecule has 2 aromatic rings. The monoisotopic (exact) mass is 291 g/mol. The Kier molecular flexibility index (Phi) is 4.91. The van der Waals surface area contributed by atoms with E-state index in [0.29, 0.717) is 12.1 Å². The van der Waals surface area contributed by atoms with Crippen LogP contribution >= 0.6 is 0 Å². The van der Waals surface area contributed by atoms with Crippen molar-refractivity contribution in [2.75, 3.05) is 7.11 Å². The largest absolute Gasteiger partial charge is 0.496 e. The number of hydrogen-bond acceptors (Lipinski definition) is 2. The van der Waals surface area contributed by atoms with E-state index < -0.39 is 11.6 Å². The van der Waals surface area contributed by atoms with E-state index in [9.17, 15) is 8.78 Å². The molecule has 2 rings (SSSR count). The van der Waals surface area contributed by atoms with Crippen LogP contribution in [0.4, 0.5) is 8.78 Å². The van der Waals surface area contributed by atoms with Gasteiger partial charge in [-0.05, 0) is 37.1 Å². The van der Waals surface area contributed by atoms with Crippen LogP contribution in [-0.4, -0.2) is 7.11 Å². The number of methoxy groups -OCH3 is 1. The summed E-state index contributed by atoms with van der Waals surface area (Å²) in [5.74, 6) is -0.244. The van der Waals surface area contributed by atoms with Gasteiger partial charge in [-0.1, -0.05) is 18.2 Å². The van der Waals surface area contributed by atoms with E-state index in [2.05, 4.69) is 5.32 Å². The molecule has 0 aliphatic rings. The molecule has 0 aliphatic carbocycles. The number of ether oxygens (including phenoxy) is 1. The van der Waals surface area contributed by atoms with Crippen LogP contribution in [0.1, 0.15) is 29.7 Å². The molecule has 0 saturated heterocycles. The molecule has 0 fully saturated rings. The van der Waals surface area contributed by atoms with Gasteiger partial charge in [-0.25, -0.2) is 8.78 Å². The average Bonchev–Trinajstić information content (AvgIpc) is 2.45. The SMILES string of the molecule is COc1ccc(CNC(C)c2ccc(F)cc2F)cc1C. The van der Waals surface area contributed by atoms with E-state index in [1.807, 2.05) is 32.0 Å². The second-order valence-corrected chi connectivity index (χ2v) is 5.07. The van der Waals surface area contributed by atoms with Crippen molar-refractivity contribution in [3.05, 3.63) is 64.7 Å². The lowest BCUT2D eigenvalue weighted by atomic mass is 10.1. The van der Waals surface area contributed by atoms with Crippen molar-refractivity contribution in [1.82, 2.24) is 5.32 Å². The Morgan fingerprint density at radius 1 is 1.14 bits per heavy atom. The van der Waals surface area contributed by atoms with Crippen molar-refractivity contribution >= 4 is 0 Å². The zero-order valence-electron chi connectivity index (χ0n) is 12.4. The van der Waals surface area contributed by atoms with E-state index in [1.165, 1.54) is 12.1 Å². The van der Waals surface area contributed by atoms with Gasteiger partial charge >= 0.3 is 0 Å². The topological polar surface area (TPSA) is 21.3 Å². The molecule has 0 saturated carbocycles. The molecule has 112 valence electrons. The predicted molar refractivity (Wildman–Crippen MR) is 79.3 cm³/mol. The first-order chi connectivity index (χ1) is 10.0. The number of benzene rings is 2. The Morgan fingerprint density at radius 2 is 1.90 bits per heavy atom. The first-order valence-electron chi connectivity index (χ1n) is 6.83. The van der Waals surface area contributed by atoms with Gasteiger partial charge in [0.1, 0.15) is 17.4 Å². The van der Waals surface area contributed by atoms with Crippen LogP contribution in [0.15, 0.2) is 36.4 Å². The van der Waals surface area contributed by atoms with Crippen LogP contribution in [0.25, 0.3) is 0 Å². The molecular weight excluding hydrogens is 272 g/mol. The third-order valence-corrected chi connectivity index (χ3v) is 3.50. The van der Waals surface area contributed by atoms with E-state index in [4.69, 9.17) is 4.74 Å². The second-order valence-electron chi connectivity index (χ2n) is 5.07. The van der Waals surface area contributed by atoms with Gasteiger partial charge in [0.15, 0.2) is 0 Å². The van der Waals surface area contributed by atoms with Crippen molar-refractivity contribution in [3.8, 4) is 5.75 Å². The fraction of sp³-hybridized carbons (Fsp3) is 0.294. The summed E-state index contributed by atoms with van der Waals surface area (Å²) >= 11 is 0. The molecule has 0 aliphatic heterocycles. The maximum atomic E-state index is 13.7. The molecule has 0 heterocycles. The van der Waals surface area contributed by atoms with Gasteiger partial charge in [-0.2, -0.15) is 0 Å². The maximum absolute atomic E-state index is 13.7. The summed E-state index contributed by atoms with van der Waals surface area (Å²) < 4.78 is 31.8.